The molecule has 0 N–H and O–H groups in total. The van der Waals surface area contributed by atoms with E-state index in [0.29, 0.717) is 0 Å². The van der Waals surface area contributed by atoms with E-state index in [1.807, 2.05) is 20.8 Å². The van der Waals surface area contributed by atoms with Gasteiger partial charge in [0.1, 0.15) is 55.2 Å². The summed E-state index contributed by atoms with van der Waals surface area (Å²) in [4.78, 5) is 148. The molecule has 0 spiro atoms. The van der Waals surface area contributed by atoms with Crippen LogP contribution in [0.5, 0.6) is 0 Å². The molecule has 15 atom stereocenters. The molecule has 3 saturated heterocycles. The van der Waals surface area contributed by atoms with Crippen molar-refractivity contribution in [3.05, 3.63) is 69.1 Å². The van der Waals surface area contributed by atoms with Gasteiger partial charge in [-0.25, -0.2) is 14.0 Å². The Morgan fingerprint density at radius 3 is 0.725 bits per heavy atom. The average molecular weight is 1440 g/mol. The van der Waals surface area contributed by atoms with Crippen molar-refractivity contribution in [2.75, 3.05) is 19.8 Å². The van der Waals surface area contributed by atoms with Crippen LogP contribution in [0.1, 0.15) is 134 Å². The van der Waals surface area contributed by atoms with Gasteiger partial charge in [0.15, 0.2) is 73.8 Å². The lowest BCUT2D eigenvalue weighted by molar-refractivity contribution is -0.310. The van der Waals surface area contributed by atoms with Gasteiger partial charge < -0.3 is 85.3 Å². The molecule has 4 aromatic rings. The van der Waals surface area contributed by atoms with Gasteiger partial charge in [-0.2, -0.15) is 0 Å². The minimum atomic E-state index is -1.54. The molecule has 558 valence electrons. The van der Waals surface area contributed by atoms with Crippen LogP contribution < -0.4 is 0 Å². The SMILES string of the molecule is CC(=O)OC[C@H]1O[C@H](OCc2cn(Cc3c(C)c(Cn4cc(CO[C@H]5O[C@H](COC(C)=O)[C@@H](OC(C)=O)[C@H](OC(C)=O)[C@@H]5OC(C)=O)nn4)c(C)c(Cn4cc(CO[C@H]5O[C@H](COC(C)=O)[C@@H](OC(C)=O)[C@H](OC(C)=O)[C@@H]5OC(C)=O)nn4)c3C)nn2)[C@@H](OC(C)=O)[C@@H](OC(C)=O)[C@@H]1OC(C)=O. The minimum absolute atomic E-state index is 0.0584. The first-order chi connectivity index (χ1) is 48.1. The highest BCUT2D eigenvalue weighted by atomic mass is 16.8. The van der Waals surface area contributed by atoms with Gasteiger partial charge in [0.05, 0.1) is 58.0 Å². The van der Waals surface area contributed by atoms with Crippen molar-refractivity contribution in [1.29, 1.82) is 0 Å². The van der Waals surface area contributed by atoms with Crippen LogP contribution >= 0.6 is 0 Å². The summed E-state index contributed by atoms with van der Waals surface area (Å²) in [5.41, 5.74) is 5.08. The monoisotopic (exact) mass is 1440 g/mol. The van der Waals surface area contributed by atoms with Crippen LogP contribution in [0.25, 0.3) is 0 Å². The van der Waals surface area contributed by atoms with Crippen molar-refractivity contribution < 1.29 is 143 Å². The van der Waals surface area contributed by atoms with Crippen LogP contribution in [0.3, 0.4) is 0 Å². The zero-order valence-corrected chi connectivity index (χ0v) is 58.5. The van der Waals surface area contributed by atoms with E-state index in [-0.39, 0.29) is 56.5 Å². The molecule has 0 aliphatic carbocycles. The number of carbonyl (C=O) groups excluding carboxylic acids is 12. The molecule has 0 radical (unpaired) electrons. The first kappa shape index (κ1) is 79.4. The van der Waals surface area contributed by atoms with Gasteiger partial charge in [-0.3, -0.25) is 57.5 Å². The summed E-state index contributed by atoms with van der Waals surface area (Å²) in [6.45, 7) is 16.4. The molecule has 0 saturated carbocycles. The van der Waals surface area contributed by atoms with Crippen molar-refractivity contribution in [1.82, 2.24) is 45.0 Å². The third-order valence-electron chi connectivity index (χ3n) is 15.5. The van der Waals surface area contributed by atoms with E-state index < -0.39 is 184 Å². The summed E-state index contributed by atoms with van der Waals surface area (Å²) >= 11 is 0. The Bertz CT molecular complexity index is 3330. The maximum absolute atomic E-state index is 12.5. The van der Waals surface area contributed by atoms with Crippen molar-refractivity contribution in [3.63, 3.8) is 0 Å². The molecule has 1 aromatic carbocycles. The molecule has 7 rings (SSSR count). The summed E-state index contributed by atoms with van der Waals surface area (Å²) in [7, 11) is 0. The Kier molecular flexibility index (Phi) is 28.1. The molecular formula is C63H81N9O30. The fourth-order valence-electron chi connectivity index (χ4n) is 11.5. The molecule has 39 nitrogen and oxygen atoms in total. The highest BCUT2D eigenvalue weighted by molar-refractivity contribution is 5.71. The zero-order valence-electron chi connectivity index (χ0n) is 58.5. The molecule has 102 heavy (non-hydrogen) atoms. The van der Waals surface area contributed by atoms with Gasteiger partial charge in [-0.1, -0.05) is 15.6 Å². The molecule has 0 unspecified atom stereocenters. The predicted octanol–water partition coefficient (Wildman–Crippen LogP) is 0.330. The van der Waals surface area contributed by atoms with E-state index in [9.17, 15) is 57.5 Å². The van der Waals surface area contributed by atoms with Gasteiger partial charge in [-0.05, 0) is 54.2 Å². The summed E-state index contributed by atoms with van der Waals surface area (Å²) in [6.07, 6.45) is -17.2. The topological polar surface area (TPSA) is 463 Å². The third-order valence-corrected chi connectivity index (χ3v) is 15.5. The van der Waals surface area contributed by atoms with Crippen LogP contribution in [0.2, 0.25) is 0 Å². The normalized spacial score (nSPS) is 24.6. The third kappa shape index (κ3) is 22.3. The second kappa shape index (κ2) is 36.1. The lowest BCUT2D eigenvalue weighted by atomic mass is 9.88. The number of hydrogen-bond donors (Lipinski definition) is 0. The number of benzene rings is 1. The Morgan fingerprint density at radius 1 is 0.314 bits per heavy atom. The van der Waals surface area contributed by atoms with Crippen LogP contribution in [0, 0.1) is 20.8 Å². The second-order valence-corrected chi connectivity index (χ2v) is 23.7. The van der Waals surface area contributed by atoms with Crippen molar-refractivity contribution in [3.8, 4) is 0 Å². The van der Waals surface area contributed by atoms with Crippen LogP contribution in [0.4, 0.5) is 0 Å². The van der Waals surface area contributed by atoms with Crippen LogP contribution in [-0.4, -0.2) is 229 Å². The van der Waals surface area contributed by atoms with E-state index in [4.69, 9.17) is 85.3 Å². The molecule has 6 heterocycles. The Balaban J connectivity index is 1.21. The van der Waals surface area contributed by atoms with Crippen molar-refractivity contribution in [2.24, 2.45) is 0 Å². The van der Waals surface area contributed by atoms with Gasteiger partial charge >= 0.3 is 71.6 Å². The second-order valence-electron chi connectivity index (χ2n) is 23.7. The average Bonchev–Trinajstić information content (AvgIpc) is 1.22. The number of hydrogen-bond acceptors (Lipinski definition) is 36. The van der Waals surface area contributed by atoms with Gasteiger partial charge in [-0.15, -0.1) is 15.3 Å². The molecular weight excluding hydrogens is 1360 g/mol. The van der Waals surface area contributed by atoms with Gasteiger partial charge in [0, 0.05) is 83.1 Å². The molecule has 3 aliphatic heterocycles. The highest BCUT2D eigenvalue weighted by Gasteiger charge is 2.56. The van der Waals surface area contributed by atoms with E-state index in [1.54, 1.807) is 18.6 Å². The quantitative estimate of drug-likeness (QED) is 0.0501. The molecule has 0 amide bonds. The smallest absolute Gasteiger partial charge is 0.303 e. The lowest BCUT2D eigenvalue weighted by Crippen LogP contribution is -2.62. The summed E-state index contributed by atoms with van der Waals surface area (Å²) in [5, 5.41) is 26.2. The maximum Gasteiger partial charge on any atom is 0.303 e. The number of aromatic nitrogens is 9. The zero-order chi connectivity index (χ0) is 75.0. The first-order valence-corrected chi connectivity index (χ1v) is 31.7. The summed E-state index contributed by atoms with van der Waals surface area (Å²) < 4.78 is 107. The number of rotatable bonds is 30. The number of nitrogens with zero attached hydrogens (tertiary/aromatic N) is 9. The van der Waals surface area contributed by atoms with Gasteiger partial charge in [0.2, 0.25) is 0 Å². The lowest BCUT2D eigenvalue weighted by Gasteiger charge is -2.43. The fourth-order valence-corrected chi connectivity index (χ4v) is 11.5. The first-order valence-electron chi connectivity index (χ1n) is 31.7. The maximum atomic E-state index is 12.5. The van der Waals surface area contributed by atoms with Crippen molar-refractivity contribution in [2.45, 2.75) is 235 Å². The molecule has 3 aliphatic rings. The molecule has 3 fully saturated rings. The molecule has 3 aromatic heterocycles. The van der Waals surface area contributed by atoms with E-state index >= 15 is 0 Å². The summed E-state index contributed by atoms with van der Waals surface area (Å²) in [6, 6.07) is 0. The molecule has 39 heteroatoms. The predicted molar refractivity (Wildman–Crippen MR) is 328 cm³/mol. The van der Waals surface area contributed by atoms with E-state index in [0.717, 1.165) is 116 Å². The summed E-state index contributed by atoms with van der Waals surface area (Å²) in [5.74, 6) is -9.66. The van der Waals surface area contributed by atoms with Crippen molar-refractivity contribution >= 4 is 71.6 Å². The Labute approximate surface area is 582 Å². The number of esters is 12. The standard InChI is InChI=1S/C63H81N9O30/c1-28-46(19-70-16-43(64-67-70)22-88-61-58(97-40(13)82)55(94-37(10)79)52(91-34(7)76)49(100-61)25-85-31(4)73)29(2)48(21-72-18-45(66-69-72)24-90-63-60(99-42(15)84)57(96-39(12)81)54(93-36(9)78)51(102-63)27-87-33(6)75)30(3)47(28)20-71-17-44(65-68-71)23-89-62-59(98-41(14)83)56(95-38(11)80)53(92-35(8)77)50(101-62)26-86-32(5)74/h16-18,49-63H,19-27H2,1-15H3/t49-,50-,51-,52-,53-,54-,55+,56+,57+,58+,59+,60+,61+,62+,63+/m1/s1. The van der Waals surface area contributed by atoms with Gasteiger partial charge in [0.25, 0.3) is 0 Å². The van der Waals surface area contributed by atoms with E-state index in [1.165, 1.54) is 14.0 Å². The fraction of sp³-hybridized carbons (Fsp3) is 0.619. The molecule has 0 bridgehead atoms. The number of ether oxygens (including phenoxy) is 18. The van der Waals surface area contributed by atoms with E-state index in [2.05, 4.69) is 30.9 Å². The number of carbonyl (C=O) groups is 12. The van der Waals surface area contributed by atoms with Crippen LogP contribution in [0.15, 0.2) is 18.6 Å². The Hall–Kier alpha value is -9.96. The largest absolute Gasteiger partial charge is 0.463 e. The van der Waals surface area contributed by atoms with Crippen LogP contribution in [-0.2, 0) is 182 Å². The minimum Gasteiger partial charge on any atom is -0.463 e. The highest BCUT2D eigenvalue weighted by Crippen LogP contribution is 2.35. The Morgan fingerprint density at radius 2 is 0.520 bits per heavy atom.